The normalized spacial score (nSPS) is 15.7. The molecule has 2 N–H and O–H groups in total. The van der Waals surface area contributed by atoms with Gasteiger partial charge in [-0.1, -0.05) is 42.2 Å². The highest BCUT2D eigenvalue weighted by atomic mass is 32.1. The highest BCUT2D eigenvalue weighted by Crippen LogP contribution is 2.24. The van der Waals surface area contributed by atoms with Gasteiger partial charge in [-0.05, 0) is 44.1 Å². The molecule has 25 heavy (non-hydrogen) atoms. The Hall–Kier alpha value is -1.99. The lowest BCUT2D eigenvalue weighted by molar-refractivity contribution is 0.0933. The zero-order valence-corrected chi connectivity index (χ0v) is 15.6. The van der Waals surface area contributed by atoms with Gasteiger partial charge in [0.1, 0.15) is 10.5 Å². The molecule has 7 heteroatoms. The Morgan fingerprint density at radius 3 is 2.84 bits per heavy atom. The van der Waals surface area contributed by atoms with E-state index in [0.717, 1.165) is 36.8 Å². The number of nitrogens with one attached hydrogen (secondary N) is 2. The van der Waals surface area contributed by atoms with Crippen LogP contribution in [-0.4, -0.2) is 21.3 Å². The van der Waals surface area contributed by atoms with Crippen LogP contribution < -0.4 is 10.9 Å². The van der Waals surface area contributed by atoms with Gasteiger partial charge in [-0.15, -0.1) is 0 Å². The Morgan fingerprint density at radius 2 is 2.08 bits per heavy atom. The Bertz CT molecular complexity index is 1090. The number of H-pyrrole nitrogens is 1. The van der Waals surface area contributed by atoms with Gasteiger partial charge >= 0.3 is 0 Å². The second-order valence-electron chi connectivity index (χ2n) is 6.66. The largest absolute Gasteiger partial charge is 0.348 e. The number of thiazole rings is 1. The van der Waals surface area contributed by atoms with Crippen LogP contribution in [0.5, 0.6) is 0 Å². The molecule has 4 rings (SSSR count). The van der Waals surface area contributed by atoms with Gasteiger partial charge in [0.05, 0.1) is 10.9 Å². The van der Waals surface area contributed by atoms with E-state index in [0.29, 0.717) is 19.9 Å². The molecule has 1 aliphatic carbocycles. The molecule has 1 aliphatic rings. The minimum Gasteiger partial charge on any atom is -0.348 e. The minimum absolute atomic E-state index is 0.146. The SMILES string of the molecule is Cc1ccc2c(c1)c(=O)[nH]c1c(C(=O)NC3CCCCC3)sc(=S)n12. The molecule has 0 spiro atoms. The summed E-state index contributed by atoms with van der Waals surface area (Å²) < 4.78 is 2.36. The zero-order chi connectivity index (χ0) is 17.6. The number of benzene rings is 1. The van der Waals surface area contributed by atoms with Crippen molar-refractivity contribution in [2.45, 2.75) is 45.1 Å². The lowest BCUT2D eigenvalue weighted by Gasteiger charge is -2.22. The molecule has 130 valence electrons. The average molecular weight is 374 g/mol. The van der Waals surface area contributed by atoms with Crippen LogP contribution in [0.4, 0.5) is 0 Å². The molecular formula is C18H19N3O2S2. The smallest absolute Gasteiger partial charge is 0.265 e. The summed E-state index contributed by atoms with van der Waals surface area (Å²) in [5.74, 6) is -0.146. The fourth-order valence-corrected chi connectivity index (χ4v) is 4.84. The molecule has 0 saturated heterocycles. The fraction of sp³-hybridized carbons (Fsp3) is 0.389. The number of nitrogens with zero attached hydrogens (tertiary/aromatic N) is 1. The van der Waals surface area contributed by atoms with Crippen molar-refractivity contribution < 1.29 is 4.79 Å². The van der Waals surface area contributed by atoms with Crippen molar-refractivity contribution in [2.24, 2.45) is 0 Å². The van der Waals surface area contributed by atoms with E-state index in [1.54, 1.807) is 4.40 Å². The predicted octanol–water partition coefficient (Wildman–Crippen LogP) is 3.94. The molecule has 3 aromatic rings. The van der Waals surface area contributed by atoms with Crippen LogP contribution in [-0.2, 0) is 0 Å². The summed E-state index contributed by atoms with van der Waals surface area (Å²) in [6, 6.07) is 5.89. The first kappa shape index (κ1) is 16.5. The Morgan fingerprint density at radius 1 is 1.32 bits per heavy atom. The number of fused-ring (bicyclic) bond motifs is 3. The van der Waals surface area contributed by atoms with Crippen LogP contribution in [0.2, 0.25) is 0 Å². The summed E-state index contributed by atoms with van der Waals surface area (Å²) >= 11 is 6.73. The first-order chi connectivity index (χ1) is 12.0. The summed E-state index contributed by atoms with van der Waals surface area (Å²) in [5, 5.41) is 3.69. The van der Waals surface area contributed by atoms with Gasteiger partial charge in [0.2, 0.25) is 0 Å². The molecule has 0 aliphatic heterocycles. The van der Waals surface area contributed by atoms with Crippen molar-refractivity contribution in [3.8, 4) is 0 Å². The van der Waals surface area contributed by atoms with Gasteiger partial charge in [-0.2, -0.15) is 0 Å². The first-order valence-corrected chi connectivity index (χ1v) is 9.76. The molecule has 0 bridgehead atoms. The number of amides is 1. The van der Waals surface area contributed by atoms with Crippen molar-refractivity contribution in [3.63, 3.8) is 0 Å². The quantitative estimate of drug-likeness (QED) is 0.669. The van der Waals surface area contributed by atoms with Crippen LogP contribution in [0.15, 0.2) is 23.0 Å². The van der Waals surface area contributed by atoms with Crippen molar-refractivity contribution in [3.05, 3.63) is 42.9 Å². The molecule has 2 heterocycles. The third-order valence-corrected chi connectivity index (χ3v) is 6.20. The van der Waals surface area contributed by atoms with E-state index in [1.807, 2.05) is 25.1 Å². The first-order valence-electron chi connectivity index (χ1n) is 8.53. The summed E-state index contributed by atoms with van der Waals surface area (Å²) in [5.41, 5.74) is 2.04. The number of aromatic amines is 1. The molecule has 1 aromatic carbocycles. The molecule has 0 radical (unpaired) electrons. The number of aromatic nitrogens is 2. The van der Waals surface area contributed by atoms with Crippen molar-refractivity contribution >= 4 is 46.0 Å². The summed E-state index contributed by atoms with van der Waals surface area (Å²) in [4.78, 5) is 28.6. The summed E-state index contributed by atoms with van der Waals surface area (Å²) in [6.07, 6.45) is 5.57. The fourth-order valence-electron chi connectivity index (χ4n) is 3.56. The molecule has 1 saturated carbocycles. The van der Waals surface area contributed by atoms with Crippen LogP contribution in [0, 0.1) is 10.9 Å². The number of hydrogen-bond donors (Lipinski definition) is 2. The van der Waals surface area contributed by atoms with E-state index in [1.165, 1.54) is 17.8 Å². The number of carbonyl (C=O) groups excluding carboxylic acids is 1. The topological polar surface area (TPSA) is 66.4 Å². The Balaban J connectivity index is 1.84. The molecule has 0 unspecified atom stereocenters. The maximum absolute atomic E-state index is 12.8. The number of hydrogen-bond acceptors (Lipinski definition) is 4. The van der Waals surface area contributed by atoms with E-state index in [2.05, 4.69) is 10.3 Å². The maximum atomic E-state index is 12.8. The summed E-state index contributed by atoms with van der Waals surface area (Å²) in [6.45, 7) is 1.94. The molecule has 0 atom stereocenters. The van der Waals surface area contributed by atoms with Crippen molar-refractivity contribution in [1.82, 2.24) is 14.7 Å². The summed E-state index contributed by atoms with van der Waals surface area (Å²) in [7, 11) is 0. The van der Waals surface area contributed by atoms with Gasteiger partial charge in [0, 0.05) is 6.04 Å². The number of rotatable bonds is 2. The van der Waals surface area contributed by atoms with Gasteiger partial charge in [0.25, 0.3) is 11.5 Å². The second-order valence-corrected chi connectivity index (χ2v) is 8.31. The van der Waals surface area contributed by atoms with Crippen LogP contribution in [0.3, 0.4) is 0 Å². The Kier molecular flexibility index (Phi) is 4.21. The van der Waals surface area contributed by atoms with E-state index in [-0.39, 0.29) is 17.5 Å². The molecule has 1 fully saturated rings. The van der Waals surface area contributed by atoms with Crippen LogP contribution in [0.1, 0.15) is 47.3 Å². The van der Waals surface area contributed by atoms with Crippen molar-refractivity contribution in [2.75, 3.05) is 0 Å². The van der Waals surface area contributed by atoms with Gasteiger partial charge in [-0.3, -0.25) is 14.0 Å². The van der Waals surface area contributed by atoms with E-state index in [9.17, 15) is 9.59 Å². The van der Waals surface area contributed by atoms with Crippen LogP contribution >= 0.6 is 23.6 Å². The average Bonchev–Trinajstić information content (AvgIpc) is 2.93. The van der Waals surface area contributed by atoms with E-state index >= 15 is 0 Å². The monoisotopic (exact) mass is 373 g/mol. The molecular weight excluding hydrogens is 354 g/mol. The molecule has 2 aromatic heterocycles. The highest BCUT2D eigenvalue weighted by molar-refractivity contribution is 7.73. The van der Waals surface area contributed by atoms with Gasteiger partial charge in [-0.25, -0.2) is 0 Å². The zero-order valence-electron chi connectivity index (χ0n) is 13.9. The van der Waals surface area contributed by atoms with Gasteiger partial charge in [0.15, 0.2) is 3.95 Å². The third-order valence-electron chi connectivity index (χ3n) is 4.83. The third kappa shape index (κ3) is 2.91. The lowest BCUT2D eigenvalue weighted by Crippen LogP contribution is -2.36. The highest BCUT2D eigenvalue weighted by Gasteiger charge is 2.21. The number of aryl methyl sites for hydroxylation is 1. The van der Waals surface area contributed by atoms with Crippen LogP contribution in [0.25, 0.3) is 16.6 Å². The van der Waals surface area contributed by atoms with E-state index in [4.69, 9.17) is 12.2 Å². The Labute approximate surface area is 153 Å². The second kappa shape index (κ2) is 6.38. The molecule has 5 nitrogen and oxygen atoms in total. The maximum Gasteiger partial charge on any atom is 0.265 e. The lowest BCUT2D eigenvalue weighted by atomic mass is 9.95. The number of carbonyl (C=O) groups is 1. The predicted molar refractivity (Wildman–Crippen MR) is 103 cm³/mol. The minimum atomic E-state index is -0.196. The standard InChI is InChI=1S/C18H19N3O2S2/c1-10-7-8-13-12(9-10)16(22)20-15-14(25-18(24)21(13)15)17(23)19-11-5-3-2-4-6-11/h7-9,11H,2-6H2,1H3,(H,19,23)(H,20,22). The van der Waals surface area contributed by atoms with Crippen molar-refractivity contribution in [1.29, 1.82) is 0 Å². The van der Waals surface area contributed by atoms with E-state index < -0.39 is 0 Å². The molecule has 1 amide bonds. The van der Waals surface area contributed by atoms with Gasteiger partial charge < -0.3 is 10.3 Å².